The molecule has 2 rings (SSSR count). The Bertz CT molecular complexity index is 677. The average molecular weight is 314 g/mol. The molecule has 0 saturated heterocycles. The fraction of sp³-hybridized carbons (Fsp3) is 0.176. The molecule has 2 aromatic rings. The molecule has 112 valence electrons. The first-order chi connectivity index (χ1) is 10.6. The van der Waals surface area contributed by atoms with Crippen LogP contribution in [0.1, 0.15) is 11.1 Å². The summed E-state index contributed by atoms with van der Waals surface area (Å²) < 4.78 is 12.8. The second kappa shape index (κ2) is 7.62. The van der Waals surface area contributed by atoms with Crippen LogP contribution in [0.5, 0.6) is 0 Å². The smallest absolute Gasteiger partial charge is 0.232 e. The molecule has 5 heteroatoms. The maximum Gasteiger partial charge on any atom is 0.232 e. The predicted octanol–water partition coefficient (Wildman–Crippen LogP) is 3.45. The van der Waals surface area contributed by atoms with E-state index < -0.39 is 0 Å². The number of hydrogen-bond acceptors (Lipinski definition) is 3. The van der Waals surface area contributed by atoms with Gasteiger partial charge in [-0.15, -0.1) is 11.8 Å². The SMILES string of the molecule is CN(Cc1ccc(F)cc1)C(=O)CSc1ccc(C#N)cc1. The van der Waals surface area contributed by atoms with E-state index >= 15 is 0 Å². The normalized spacial score (nSPS) is 10.0. The second-order valence-corrected chi connectivity index (χ2v) is 5.85. The zero-order valence-electron chi connectivity index (χ0n) is 12.1. The quantitative estimate of drug-likeness (QED) is 0.794. The Morgan fingerprint density at radius 2 is 1.82 bits per heavy atom. The summed E-state index contributed by atoms with van der Waals surface area (Å²) in [6.07, 6.45) is 0. The van der Waals surface area contributed by atoms with Crippen LogP contribution in [0.3, 0.4) is 0 Å². The highest BCUT2D eigenvalue weighted by Gasteiger charge is 2.10. The van der Waals surface area contributed by atoms with Crippen molar-refractivity contribution in [1.29, 1.82) is 5.26 Å². The van der Waals surface area contributed by atoms with Crippen molar-refractivity contribution in [2.45, 2.75) is 11.4 Å². The summed E-state index contributed by atoms with van der Waals surface area (Å²) in [7, 11) is 1.73. The van der Waals surface area contributed by atoms with Gasteiger partial charge in [0.05, 0.1) is 17.4 Å². The van der Waals surface area contributed by atoms with Crippen molar-refractivity contribution in [2.24, 2.45) is 0 Å². The van der Waals surface area contributed by atoms with E-state index in [1.165, 1.54) is 23.9 Å². The third-order valence-corrected chi connectivity index (χ3v) is 4.10. The minimum Gasteiger partial charge on any atom is -0.341 e. The molecule has 1 amide bonds. The lowest BCUT2D eigenvalue weighted by atomic mass is 10.2. The number of nitrogens with zero attached hydrogens (tertiary/aromatic N) is 2. The van der Waals surface area contributed by atoms with Gasteiger partial charge in [-0.05, 0) is 42.0 Å². The van der Waals surface area contributed by atoms with Crippen LogP contribution in [-0.4, -0.2) is 23.6 Å². The predicted molar refractivity (Wildman–Crippen MR) is 84.8 cm³/mol. The van der Waals surface area contributed by atoms with Crippen molar-refractivity contribution < 1.29 is 9.18 Å². The highest BCUT2D eigenvalue weighted by molar-refractivity contribution is 8.00. The van der Waals surface area contributed by atoms with E-state index in [2.05, 4.69) is 6.07 Å². The van der Waals surface area contributed by atoms with Gasteiger partial charge in [0.1, 0.15) is 5.82 Å². The number of rotatable bonds is 5. The van der Waals surface area contributed by atoms with E-state index in [4.69, 9.17) is 5.26 Å². The van der Waals surface area contributed by atoms with Gasteiger partial charge in [-0.3, -0.25) is 4.79 Å². The molecule has 0 fully saturated rings. The van der Waals surface area contributed by atoms with Gasteiger partial charge in [0.15, 0.2) is 0 Å². The monoisotopic (exact) mass is 314 g/mol. The van der Waals surface area contributed by atoms with Crippen molar-refractivity contribution in [3.8, 4) is 6.07 Å². The number of benzene rings is 2. The Morgan fingerprint density at radius 3 is 2.41 bits per heavy atom. The summed E-state index contributed by atoms with van der Waals surface area (Å²) in [4.78, 5) is 14.7. The summed E-state index contributed by atoms with van der Waals surface area (Å²) in [6.45, 7) is 0.451. The fourth-order valence-electron chi connectivity index (χ4n) is 1.83. The first kappa shape index (κ1) is 16.1. The van der Waals surface area contributed by atoms with E-state index in [1.54, 1.807) is 36.2 Å². The molecule has 0 bridgehead atoms. The Kier molecular flexibility index (Phi) is 5.56. The summed E-state index contributed by atoms with van der Waals surface area (Å²) in [6, 6.07) is 15.3. The molecular formula is C17H15FN2OS. The largest absolute Gasteiger partial charge is 0.341 e. The molecule has 0 aromatic heterocycles. The average Bonchev–Trinajstić information content (AvgIpc) is 2.55. The number of amides is 1. The number of thioether (sulfide) groups is 1. The van der Waals surface area contributed by atoms with Gasteiger partial charge >= 0.3 is 0 Å². The lowest BCUT2D eigenvalue weighted by Gasteiger charge is -2.17. The molecule has 2 aromatic carbocycles. The van der Waals surface area contributed by atoms with Gasteiger partial charge in [-0.25, -0.2) is 4.39 Å². The molecule has 0 radical (unpaired) electrons. The summed E-state index contributed by atoms with van der Waals surface area (Å²) >= 11 is 1.43. The maximum atomic E-state index is 12.8. The molecule has 0 atom stereocenters. The van der Waals surface area contributed by atoms with Gasteiger partial charge in [-0.2, -0.15) is 5.26 Å². The van der Waals surface area contributed by atoms with Gasteiger partial charge in [0.25, 0.3) is 0 Å². The zero-order chi connectivity index (χ0) is 15.9. The molecule has 0 spiro atoms. The Morgan fingerprint density at radius 1 is 1.18 bits per heavy atom. The molecule has 0 unspecified atom stereocenters. The Balaban J connectivity index is 1.85. The molecule has 0 N–H and O–H groups in total. The summed E-state index contributed by atoms with van der Waals surface area (Å²) in [5, 5.41) is 8.74. The lowest BCUT2D eigenvalue weighted by molar-refractivity contribution is -0.127. The summed E-state index contributed by atoms with van der Waals surface area (Å²) in [5.74, 6) is 0.0386. The third-order valence-electron chi connectivity index (χ3n) is 3.10. The molecule has 0 saturated carbocycles. The lowest BCUT2D eigenvalue weighted by Crippen LogP contribution is -2.27. The van der Waals surface area contributed by atoms with E-state index in [0.29, 0.717) is 17.9 Å². The third kappa shape index (κ3) is 4.61. The van der Waals surface area contributed by atoms with Gasteiger partial charge in [-0.1, -0.05) is 12.1 Å². The van der Waals surface area contributed by atoms with Crippen LogP contribution in [0.4, 0.5) is 4.39 Å². The minimum atomic E-state index is -0.283. The molecule has 22 heavy (non-hydrogen) atoms. The topological polar surface area (TPSA) is 44.1 Å². The van der Waals surface area contributed by atoms with Crippen LogP contribution in [0.2, 0.25) is 0 Å². The van der Waals surface area contributed by atoms with Crippen LogP contribution >= 0.6 is 11.8 Å². The van der Waals surface area contributed by atoms with Gasteiger partial charge in [0, 0.05) is 18.5 Å². The number of nitriles is 1. The first-order valence-corrected chi connectivity index (χ1v) is 7.68. The highest BCUT2D eigenvalue weighted by atomic mass is 32.2. The van der Waals surface area contributed by atoms with E-state index in [-0.39, 0.29) is 11.7 Å². The van der Waals surface area contributed by atoms with E-state index in [0.717, 1.165) is 10.5 Å². The van der Waals surface area contributed by atoms with Crippen LogP contribution in [0, 0.1) is 17.1 Å². The molecule has 0 heterocycles. The minimum absolute atomic E-state index is 0.00122. The Labute approximate surface area is 133 Å². The van der Waals surface area contributed by atoms with Crippen molar-refractivity contribution in [3.63, 3.8) is 0 Å². The molecular weight excluding hydrogens is 299 g/mol. The number of halogens is 1. The van der Waals surface area contributed by atoms with Gasteiger partial charge < -0.3 is 4.90 Å². The second-order valence-electron chi connectivity index (χ2n) is 4.80. The molecule has 0 aliphatic rings. The molecule has 3 nitrogen and oxygen atoms in total. The number of hydrogen-bond donors (Lipinski definition) is 0. The summed E-state index contributed by atoms with van der Waals surface area (Å²) in [5.41, 5.74) is 1.49. The van der Waals surface area contributed by atoms with Gasteiger partial charge in [0.2, 0.25) is 5.91 Å². The van der Waals surface area contributed by atoms with Crippen molar-refractivity contribution in [3.05, 3.63) is 65.5 Å². The molecule has 0 aliphatic carbocycles. The van der Waals surface area contributed by atoms with E-state index in [9.17, 15) is 9.18 Å². The van der Waals surface area contributed by atoms with Crippen molar-refractivity contribution in [2.75, 3.05) is 12.8 Å². The van der Waals surface area contributed by atoms with Crippen molar-refractivity contribution >= 4 is 17.7 Å². The van der Waals surface area contributed by atoms with Crippen LogP contribution in [0.15, 0.2) is 53.4 Å². The first-order valence-electron chi connectivity index (χ1n) is 6.70. The number of carbonyl (C=O) groups excluding carboxylic acids is 1. The number of carbonyl (C=O) groups is 1. The van der Waals surface area contributed by atoms with Crippen LogP contribution in [0.25, 0.3) is 0 Å². The fourth-order valence-corrected chi connectivity index (χ4v) is 2.67. The van der Waals surface area contributed by atoms with Crippen LogP contribution in [-0.2, 0) is 11.3 Å². The van der Waals surface area contributed by atoms with Crippen LogP contribution < -0.4 is 0 Å². The van der Waals surface area contributed by atoms with Crippen molar-refractivity contribution in [1.82, 2.24) is 4.90 Å². The maximum absolute atomic E-state index is 12.8. The van der Waals surface area contributed by atoms with E-state index in [1.807, 2.05) is 12.1 Å². The molecule has 0 aliphatic heterocycles. The highest BCUT2D eigenvalue weighted by Crippen LogP contribution is 2.19. The standard InChI is InChI=1S/C17H15FN2OS/c1-20(11-14-2-6-15(18)7-3-14)17(21)12-22-16-8-4-13(10-19)5-9-16/h2-9H,11-12H2,1H3. The zero-order valence-corrected chi connectivity index (χ0v) is 12.9. The Hall–Kier alpha value is -2.32.